The lowest BCUT2D eigenvalue weighted by Gasteiger charge is -2.36. The Hall–Kier alpha value is -3.50. The van der Waals surface area contributed by atoms with Crippen LogP contribution in [0.1, 0.15) is 36.2 Å². The molecule has 2 fully saturated rings. The monoisotopic (exact) mass is 524 g/mol. The molecule has 1 aliphatic heterocycles. The molecule has 0 bridgehead atoms. The number of fused-ring (bicyclic) bond motifs is 1. The summed E-state index contributed by atoms with van der Waals surface area (Å²) in [5.41, 5.74) is 1.00. The van der Waals surface area contributed by atoms with Gasteiger partial charge in [-0.3, -0.25) is 19.4 Å². The molecule has 0 spiro atoms. The lowest BCUT2D eigenvalue weighted by atomic mass is 9.80. The Labute approximate surface area is 219 Å². The molecule has 3 aromatic rings. The Morgan fingerprint density at radius 3 is 2.41 bits per heavy atom. The first-order chi connectivity index (χ1) is 17.9. The van der Waals surface area contributed by atoms with E-state index in [1.54, 1.807) is 30.5 Å². The van der Waals surface area contributed by atoms with E-state index >= 15 is 0 Å². The zero-order chi connectivity index (χ0) is 25.9. The van der Waals surface area contributed by atoms with Gasteiger partial charge in [0.05, 0.1) is 5.02 Å². The van der Waals surface area contributed by atoms with E-state index in [0.29, 0.717) is 47.6 Å². The summed E-state index contributed by atoms with van der Waals surface area (Å²) >= 11 is 5.87. The predicted octanol–water partition coefficient (Wildman–Crippen LogP) is 3.65. The summed E-state index contributed by atoms with van der Waals surface area (Å²) in [4.78, 5) is 51.8. The number of halogens is 1. The van der Waals surface area contributed by atoms with Crippen molar-refractivity contribution in [3.8, 4) is 0 Å². The van der Waals surface area contributed by atoms with Crippen molar-refractivity contribution in [2.45, 2.75) is 25.7 Å². The van der Waals surface area contributed by atoms with Crippen molar-refractivity contribution in [3.05, 3.63) is 47.4 Å². The van der Waals surface area contributed by atoms with Crippen LogP contribution in [0.15, 0.2) is 41.1 Å². The van der Waals surface area contributed by atoms with Gasteiger partial charge in [0.15, 0.2) is 5.58 Å². The summed E-state index contributed by atoms with van der Waals surface area (Å²) in [6, 6.07) is 6.56. The number of pyridine rings is 2. The fourth-order valence-electron chi connectivity index (χ4n) is 4.94. The van der Waals surface area contributed by atoms with Crippen molar-refractivity contribution in [2.24, 2.45) is 11.8 Å². The number of hydrogen-bond acceptors (Lipinski definition) is 7. The van der Waals surface area contributed by atoms with Gasteiger partial charge < -0.3 is 24.9 Å². The van der Waals surface area contributed by atoms with Crippen molar-refractivity contribution in [1.29, 1.82) is 0 Å². The summed E-state index contributed by atoms with van der Waals surface area (Å²) in [7, 11) is 2.06. The molecule has 1 saturated carbocycles. The van der Waals surface area contributed by atoms with Crippen molar-refractivity contribution < 1.29 is 18.8 Å². The standard InChI is InChI=1S/C26H29ClN6O4/c1-32-11-13-33(14-12-32)26(36)17-6-4-16(5-7-17)24(34)31-22-21-19(3-2-10-28-21)37-23(22)25(35)30-20-9-8-18(27)15-29-20/h2-3,8-10,15-17H,4-7,11-14H2,1H3,(H,31,34)(H,29,30,35). The largest absolute Gasteiger partial charge is 0.447 e. The number of anilines is 2. The maximum atomic E-state index is 13.3. The van der Waals surface area contributed by atoms with Gasteiger partial charge in [0.25, 0.3) is 5.91 Å². The highest BCUT2D eigenvalue weighted by Crippen LogP contribution is 2.34. The molecule has 0 aromatic carbocycles. The number of aromatic nitrogens is 2. The van der Waals surface area contributed by atoms with Crippen LogP contribution in [0.2, 0.25) is 5.02 Å². The lowest BCUT2D eigenvalue weighted by molar-refractivity contribution is -0.139. The Morgan fingerprint density at radius 1 is 0.973 bits per heavy atom. The number of rotatable bonds is 5. The van der Waals surface area contributed by atoms with Gasteiger partial charge in [-0.1, -0.05) is 11.6 Å². The number of furan rings is 1. The Bertz CT molecular complexity index is 1290. The molecule has 2 N–H and O–H groups in total. The third-order valence-electron chi connectivity index (χ3n) is 7.13. The molecular weight excluding hydrogens is 496 g/mol. The maximum Gasteiger partial charge on any atom is 0.294 e. The predicted molar refractivity (Wildman–Crippen MR) is 139 cm³/mol. The van der Waals surface area contributed by atoms with Crippen LogP contribution in [0.25, 0.3) is 11.1 Å². The molecule has 5 rings (SSSR count). The van der Waals surface area contributed by atoms with Crippen molar-refractivity contribution in [1.82, 2.24) is 19.8 Å². The number of hydrogen-bond donors (Lipinski definition) is 2. The third-order valence-corrected chi connectivity index (χ3v) is 7.36. The number of likely N-dealkylation sites (N-methyl/N-ethyl adjacent to an activating group) is 1. The molecule has 1 saturated heterocycles. The summed E-state index contributed by atoms with van der Waals surface area (Å²) in [5.74, 6) is -0.647. The summed E-state index contributed by atoms with van der Waals surface area (Å²) in [6.07, 6.45) is 5.55. The first kappa shape index (κ1) is 25.2. The summed E-state index contributed by atoms with van der Waals surface area (Å²) in [5, 5.41) is 6.00. The number of carbonyl (C=O) groups is 3. The average molecular weight is 525 g/mol. The second-order valence-electron chi connectivity index (χ2n) is 9.64. The molecule has 0 atom stereocenters. The molecule has 10 nitrogen and oxygen atoms in total. The minimum atomic E-state index is -0.565. The van der Waals surface area contributed by atoms with Crippen LogP contribution in [0.3, 0.4) is 0 Å². The number of carbonyl (C=O) groups excluding carboxylic acids is 3. The zero-order valence-corrected chi connectivity index (χ0v) is 21.3. The Kier molecular flexibility index (Phi) is 7.38. The molecule has 2 aliphatic rings. The van der Waals surface area contributed by atoms with Gasteiger partial charge in [-0.15, -0.1) is 0 Å². The van der Waals surface area contributed by atoms with Crippen LogP contribution in [0.5, 0.6) is 0 Å². The van der Waals surface area contributed by atoms with E-state index in [1.807, 2.05) is 4.90 Å². The molecule has 0 radical (unpaired) electrons. The number of nitrogens with one attached hydrogen (secondary N) is 2. The lowest BCUT2D eigenvalue weighted by Crippen LogP contribution is -2.49. The molecule has 194 valence electrons. The molecule has 3 amide bonds. The highest BCUT2D eigenvalue weighted by Gasteiger charge is 2.34. The van der Waals surface area contributed by atoms with E-state index < -0.39 is 5.91 Å². The third kappa shape index (κ3) is 5.60. The average Bonchev–Trinajstić information content (AvgIpc) is 3.28. The van der Waals surface area contributed by atoms with Gasteiger partial charge in [-0.05, 0) is 57.0 Å². The van der Waals surface area contributed by atoms with Crippen molar-refractivity contribution in [3.63, 3.8) is 0 Å². The van der Waals surface area contributed by atoms with E-state index in [9.17, 15) is 14.4 Å². The number of amides is 3. The van der Waals surface area contributed by atoms with Gasteiger partial charge in [0.2, 0.25) is 17.6 Å². The van der Waals surface area contributed by atoms with Crippen molar-refractivity contribution >= 4 is 51.9 Å². The minimum absolute atomic E-state index is 0.0444. The van der Waals surface area contributed by atoms with Gasteiger partial charge in [0, 0.05) is 50.4 Å². The number of piperazine rings is 1. The van der Waals surface area contributed by atoms with E-state index in [0.717, 1.165) is 26.2 Å². The highest BCUT2D eigenvalue weighted by atomic mass is 35.5. The Morgan fingerprint density at radius 2 is 1.70 bits per heavy atom. The van der Waals surface area contributed by atoms with E-state index in [-0.39, 0.29) is 35.1 Å². The maximum absolute atomic E-state index is 13.3. The normalized spacial score (nSPS) is 20.5. The number of nitrogens with zero attached hydrogens (tertiary/aromatic N) is 4. The SMILES string of the molecule is CN1CCN(C(=O)C2CCC(C(=O)Nc3c(C(=O)Nc4ccc(Cl)cn4)oc4cccnc34)CC2)CC1. The molecular formula is C26H29ClN6O4. The zero-order valence-electron chi connectivity index (χ0n) is 20.6. The fourth-order valence-corrected chi connectivity index (χ4v) is 5.05. The van der Waals surface area contributed by atoms with Crippen LogP contribution in [-0.2, 0) is 9.59 Å². The van der Waals surface area contributed by atoms with Crippen molar-refractivity contribution in [2.75, 3.05) is 43.9 Å². The summed E-state index contributed by atoms with van der Waals surface area (Å²) < 4.78 is 5.77. The smallest absolute Gasteiger partial charge is 0.294 e. The molecule has 11 heteroatoms. The fraction of sp³-hybridized carbons (Fsp3) is 0.423. The molecule has 3 aromatic heterocycles. The second-order valence-corrected chi connectivity index (χ2v) is 10.1. The molecule has 0 unspecified atom stereocenters. The quantitative estimate of drug-likeness (QED) is 0.522. The van der Waals surface area contributed by atoms with Gasteiger partial charge >= 0.3 is 0 Å². The first-order valence-electron chi connectivity index (χ1n) is 12.5. The molecule has 37 heavy (non-hydrogen) atoms. The van der Waals surface area contributed by atoms with Gasteiger partial charge in [0.1, 0.15) is 17.0 Å². The van der Waals surface area contributed by atoms with E-state index in [2.05, 4.69) is 32.5 Å². The summed E-state index contributed by atoms with van der Waals surface area (Å²) in [6.45, 7) is 3.29. The topological polar surface area (TPSA) is 121 Å². The van der Waals surface area contributed by atoms with E-state index in [4.69, 9.17) is 16.0 Å². The van der Waals surface area contributed by atoms with E-state index in [1.165, 1.54) is 6.20 Å². The molecule has 1 aliphatic carbocycles. The second kappa shape index (κ2) is 10.9. The van der Waals surface area contributed by atoms with Gasteiger partial charge in [-0.2, -0.15) is 0 Å². The van der Waals surface area contributed by atoms with Gasteiger partial charge in [-0.25, -0.2) is 4.98 Å². The van der Waals surface area contributed by atoms with Crippen LogP contribution >= 0.6 is 11.6 Å². The molecule has 4 heterocycles. The first-order valence-corrected chi connectivity index (χ1v) is 12.9. The van der Waals surface area contributed by atoms with Crippen LogP contribution in [-0.4, -0.2) is 70.7 Å². The highest BCUT2D eigenvalue weighted by molar-refractivity contribution is 6.30. The minimum Gasteiger partial charge on any atom is -0.447 e. The van der Waals surface area contributed by atoms with Crippen LogP contribution < -0.4 is 10.6 Å². The van der Waals surface area contributed by atoms with Crippen LogP contribution in [0.4, 0.5) is 11.5 Å². The Balaban J connectivity index is 1.26. The van der Waals surface area contributed by atoms with Crippen LogP contribution in [0, 0.1) is 11.8 Å².